The molecule has 24 heavy (non-hydrogen) atoms. The van der Waals surface area contributed by atoms with Gasteiger partial charge in [0.2, 0.25) is 0 Å². The Morgan fingerprint density at radius 3 is 3.00 bits per heavy atom. The summed E-state index contributed by atoms with van der Waals surface area (Å²) in [6.07, 6.45) is 8.75. The molecule has 0 aliphatic carbocycles. The van der Waals surface area contributed by atoms with Crippen LogP contribution >= 0.6 is 0 Å². The van der Waals surface area contributed by atoms with Crippen LogP contribution in [-0.4, -0.2) is 39.4 Å². The second-order valence-electron chi connectivity index (χ2n) is 6.31. The summed E-state index contributed by atoms with van der Waals surface area (Å²) in [7, 11) is 0. The topological polar surface area (TPSA) is 64.9 Å². The summed E-state index contributed by atoms with van der Waals surface area (Å²) in [5.41, 5.74) is 3.30. The molecule has 2 aromatic heterocycles. The summed E-state index contributed by atoms with van der Waals surface area (Å²) in [6.45, 7) is 7.73. The van der Waals surface area contributed by atoms with Crippen LogP contribution in [0.4, 0.5) is 0 Å². The molecule has 1 saturated heterocycles. The second-order valence-corrected chi connectivity index (χ2v) is 6.31. The Morgan fingerprint density at radius 2 is 2.17 bits per heavy atom. The van der Waals surface area contributed by atoms with Crippen molar-refractivity contribution in [3.05, 3.63) is 41.7 Å². The molecule has 1 N–H and O–H groups in total. The van der Waals surface area contributed by atoms with Crippen molar-refractivity contribution in [1.29, 1.82) is 0 Å². The highest BCUT2D eigenvalue weighted by Crippen LogP contribution is 2.33. The molecule has 0 aromatic carbocycles. The summed E-state index contributed by atoms with van der Waals surface area (Å²) in [5, 5.41) is 7.97. The van der Waals surface area contributed by atoms with Gasteiger partial charge >= 0.3 is 0 Å². The lowest BCUT2D eigenvalue weighted by atomic mass is 9.92. The van der Waals surface area contributed by atoms with E-state index < -0.39 is 0 Å². The van der Waals surface area contributed by atoms with Gasteiger partial charge in [-0.1, -0.05) is 0 Å². The molecule has 1 aliphatic rings. The van der Waals surface area contributed by atoms with Gasteiger partial charge in [-0.2, -0.15) is 5.10 Å². The van der Waals surface area contributed by atoms with E-state index in [1.165, 1.54) is 12.1 Å². The molecule has 6 heteroatoms. The van der Waals surface area contributed by atoms with Crippen LogP contribution in [0.3, 0.4) is 0 Å². The molecule has 3 rings (SSSR count). The smallest absolute Gasteiger partial charge is 0.103 e. The van der Waals surface area contributed by atoms with Gasteiger partial charge < -0.3 is 10.1 Å². The van der Waals surface area contributed by atoms with E-state index in [1.54, 1.807) is 12.4 Å². The molecule has 130 valence electrons. The lowest BCUT2D eigenvalue weighted by Crippen LogP contribution is -2.34. The van der Waals surface area contributed by atoms with E-state index in [0.29, 0.717) is 5.92 Å². The zero-order valence-corrected chi connectivity index (χ0v) is 14.6. The Hall–Kier alpha value is -1.79. The predicted octanol–water partition coefficient (Wildman–Crippen LogP) is 2.30. The lowest BCUT2D eigenvalue weighted by Gasteiger charge is -2.32. The molecule has 0 amide bonds. The summed E-state index contributed by atoms with van der Waals surface area (Å²) in [6, 6.07) is 2.09. The van der Waals surface area contributed by atoms with E-state index >= 15 is 0 Å². The molecule has 2 aromatic rings. The lowest BCUT2D eigenvalue weighted by molar-refractivity contribution is -0.0325. The molecule has 1 aliphatic heterocycles. The first-order chi connectivity index (χ1) is 11.8. The van der Waals surface area contributed by atoms with Crippen LogP contribution < -0.4 is 5.32 Å². The number of hydrogen-bond acceptors (Lipinski definition) is 5. The highest BCUT2D eigenvalue weighted by molar-refractivity contribution is 5.09. The van der Waals surface area contributed by atoms with Crippen molar-refractivity contribution < 1.29 is 4.74 Å². The van der Waals surface area contributed by atoms with Crippen LogP contribution in [-0.2, 0) is 17.7 Å². The number of rotatable bonds is 7. The van der Waals surface area contributed by atoms with Gasteiger partial charge in [0, 0.05) is 57.2 Å². The van der Waals surface area contributed by atoms with Crippen molar-refractivity contribution in [3.63, 3.8) is 0 Å². The molecule has 0 unspecified atom stereocenters. The number of ether oxygens (including phenoxy) is 1. The standard InChI is InChI=1S/C18H27N5O/c1-3-23-17(7-9-22-23)18-15(5-4-12-24-18)13-19-8-6-16-14(2)20-10-11-21-16/h7,9-11,15,18-19H,3-6,8,12-13H2,1-2H3/t15-,18+/m0/s1. The largest absolute Gasteiger partial charge is 0.372 e. The molecule has 3 heterocycles. The Kier molecular flexibility index (Phi) is 5.93. The van der Waals surface area contributed by atoms with Crippen LogP contribution in [0.15, 0.2) is 24.7 Å². The summed E-state index contributed by atoms with van der Waals surface area (Å²) < 4.78 is 8.14. The van der Waals surface area contributed by atoms with Gasteiger partial charge in [0.25, 0.3) is 0 Å². The Morgan fingerprint density at radius 1 is 1.29 bits per heavy atom. The van der Waals surface area contributed by atoms with Gasteiger partial charge in [-0.05, 0) is 32.8 Å². The van der Waals surface area contributed by atoms with Gasteiger partial charge in [-0.25, -0.2) is 0 Å². The number of nitrogens with zero attached hydrogens (tertiary/aromatic N) is 4. The minimum Gasteiger partial charge on any atom is -0.372 e. The van der Waals surface area contributed by atoms with Crippen molar-refractivity contribution in [2.75, 3.05) is 19.7 Å². The van der Waals surface area contributed by atoms with Crippen LogP contribution in [0.25, 0.3) is 0 Å². The average Bonchev–Trinajstić information content (AvgIpc) is 3.09. The van der Waals surface area contributed by atoms with E-state index in [9.17, 15) is 0 Å². The van der Waals surface area contributed by atoms with Gasteiger partial charge in [-0.15, -0.1) is 0 Å². The van der Waals surface area contributed by atoms with Gasteiger partial charge in [0.15, 0.2) is 0 Å². The van der Waals surface area contributed by atoms with Crippen molar-refractivity contribution in [3.8, 4) is 0 Å². The second kappa shape index (κ2) is 8.35. The number of nitrogens with one attached hydrogen (secondary N) is 1. The third-order valence-electron chi connectivity index (χ3n) is 4.71. The van der Waals surface area contributed by atoms with E-state index in [0.717, 1.165) is 50.5 Å². The van der Waals surface area contributed by atoms with Crippen LogP contribution in [0.1, 0.15) is 43.0 Å². The maximum Gasteiger partial charge on any atom is 0.103 e. The van der Waals surface area contributed by atoms with Crippen molar-refractivity contribution in [2.24, 2.45) is 5.92 Å². The van der Waals surface area contributed by atoms with E-state index in [2.05, 4.69) is 33.4 Å². The Balaban J connectivity index is 1.54. The summed E-state index contributed by atoms with van der Waals surface area (Å²) in [5.74, 6) is 0.490. The zero-order chi connectivity index (χ0) is 16.8. The number of aromatic nitrogens is 4. The van der Waals surface area contributed by atoms with Crippen molar-refractivity contribution >= 4 is 0 Å². The fraction of sp³-hybridized carbons (Fsp3) is 0.611. The van der Waals surface area contributed by atoms with E-state index in [4.69, 9.17) is 4.74 Å². The average molecular weight is 329 g/mol. The molecule has 1 fully saturated rings. The predicted molar refractivity (Wildman–Crippen MR) is 92.7 cm³/mol. The minimum atomic E-state index is 0.145. The minimum absolute atomic E-state index is 0.145. The zero-order valence-electron chi connectivity index (χ0n) is 14.6. The number of hydrogen-bond donors (Lipinski definition) is 1. The maximum atomic E-state index is 6.09. The highest BCUT2D eigenvalue weighted by Gasteiger charge is 2.29. The Labute approximate surface area is 143 Å². The van der Waals surface area contributed by atoms with Crippen molar-refractivity contribution in [2.45, 2.75) is 45.8 Å². The first-order valence-corrected chi connectivity index (χ1v) is 8.90. The maximum absolute atomic E-state index is 6.09. The highest BCUT2D eigenvalue weighted by atomic mass is 16.5. The van der Waals surface area contributed by atoms with Crippen LogP contribution in [0, 0.1) is 12.8 Å². The van der Waals surface area contributed by atoms with E-state index in [1.807, 2.05) is 17.8 Å². The molecule has 2 atom stereocenters. The molecule has 6 nitrogen and oxygen atoms in total. The monoisotopic (exact) mass is 329 g/mol. The normalized spacial score (nSPS) is 21.1. The molecular formula is C18H27N5O. The van der Waals surface area contributed by atoms with E-state index in [-0.39, 0.29) is 6.10 Å². The van der Waals surface area contributed by atoms with Gasteiger partial charge in [0.1, 0.15) is 6.10 Å². The molecule has 0 radical (unpaired) electrons. The summed E-state index contributed by atoms with van der Waals surface area (Å²) >= 11 is 0. The third-order valence-corrected chi connectivity index (χ3v) is 4.71. The molecule has 0 saturated carbocycles. The first-order valence-electron chi connectivity index (χ1n) is 8.90. The van der Waals surface area contributed by atoms with Crippen molar-refractivity contribution in [1.82, 2.24) is 25.1 Å². The fourth-order valence-corrected chi connectivity index (χ4v) is 3.40. The summed E-state index contributed by atoms with van der Waals surface area (Å²) in [4.78, 5) is 8.69. The Bertz CT molecular complexity index is 642. The fourth-order valence-electron chi connectivity index (χ4n) is 3.40. The molecular weight excluding hydrogens is 302 g/mol. The molecule has 0 bridgehead atoms. The quantitative estimate of drug-likeness (QED) is 0.790. The van der Waals surface area contributed by atoms with Crippen LogP contribution in [0.2, 0.25) is 0 Å². The SMILES string of the molecule is CCn1nccc1[C@@H]1OCCC[C@H]1CNCCc1nccnc1C. The van der Waals surface area contributed by atoms with Gasteiger partial charge in [0.05, 0.1) is 17.1 Å². The van der Waals surface area contributed by atoms with Gasteiger partial charge in [-0.3, -0.25) is 14.6 Å². The third kappa shape index (κ3) is 3.99. The van der Waals surface area contributed by atoms with Crippen LogP contribution in [0.5, 0.6) is 0 Å². The molecule has 0 spiro atoms. The number of aryl methyl sites for hydroxylation is 2. The first kappa shape index (κ1) is 17.0.